The molecular formula is C19H16N2O2S. The summed E-state index contributed by atoms with van der Waals surface area (Å²) in [4.78, 5) is 12.2. The molecule has 120 valence electrons. The fourth-order valence-electron chi connectivity index (χ4n) is 2.31. The first-order valence-corrected chi connectivity index (χ1v) is 8.48. The van der Waals surface area contributed by atoms with Crippen LogP contribution in [0.15, 0.2) is 84.0 Å². The molecular weight excluding hydrogens is 320 g/mol. The van der Waals surface area contributed by atoms with Gasteiger partial charge in [0, 0.05) is 23.4 Å². The number of amides is 1. The van der Waals surface area contributed by atoms with Crippen LogP contribution < -0.4 is 10.0 Å². The Bertz CT molecular complexity index is 838. The zero-order chi connectivity index (χ0) is 16.8. The molecule has 0 spiro atoms. The Morgan fingerprint density at radius 2 is 1.67 bits per heavy atom. The lowest BCUT2D eigenvalue weighted by atomic mass is 10.0. The largest absolute Gasteiger partial charge is 0.618 e. The van der Waals surface area contributed by atoms with Crippen LogP contribution >= 0.6 is 11.8 Å². The van der Waals surface area contributed by atoms with E-state index in [-0.39, 0.29) is 11.7 Å². The van der Waals surface area contributed by atoms with E-state index in [0.29, 0.717) is 5.03 Å². The van der Waals surface area contributed by atoms with Gasteiger partial charge in [0.1, 0.15) is 0 Å². The molecule has 1 N–H and O–H groups in total. The normalized spacial score (nSPS) is 10.3. The topological polar surface area (TPSA) is 56.0 Å². The van der Waals surface area contributed by atoms with E-state index in [4.69, 9.17) is 0 Å². The molecule has 3 rings (SSSR count). The highest BCUT2D eigenvalue weighted by atomic mass is 32.2. The molecule has 5 heteroatoms. The number of hydrogen-bond donors (Lipinski definition) is 1. The highest BCUT2D eigenvalue weighted by Gasteiger charge is 2.11. The summed E-state index contributed by atoms with van der Waals surface area (Å²) >= 11 is 1.21. The number of benzene rings is 2. The third kappa shape index (κ3) is 3.94. The van der Waals surface area contributed by atoms with Crippen LogP contribution in [0.1, 0.15) is 0 Å². The molecule has 0 aliphatic rings. The van der Waals surface area contributed by atoms with E-state index in [2.05, 4.69) is 5.32 Å². The van der Waals surface area contributed by atoms with Crippen LogP contribution in [0.5, 0.6) is 0 Å². The van der Waals surface area contributed by atoms with Gasteiger partial charge in [-0.1, -0.05) is 48.5 Å². The van der Waals surface area contributed by atoms with E-state index in [1.54, 1.807) is 18.2 Å². The molecule has 0 bridgehead atoms. The Morgan fingerprint density at radius 3 is 2.46 bits per heavy atom. The standard InChI is InChI=1S/C19H16N2O2S/c22-18(14-24-19-12-6-7-13-21(19)23)20-17-11-5-4-10-16(17)15-8-2-1-3-9-15/h1-13H,14H2,(H,20,22). The van der Waals surface area contributed by atoms with Gasteiger partial charge in [-0.2, -0.15) is 4.73 Å². The van der Waals surface area contributed by atoms with Gasteiger partial charge < -0.3 is 10.5 Å². The first-order chi connectivity index (χ1) is 11.7. The van der Waals surface area contributed by atoms with E-state index in [9.17, 15) is 10.0 Å². The van der Waals surface area contributed by atoms with Crippen LogP contribution in [-0.2, 0) is 4.79 Å². The Kier molecular flexibility index (Phi) is 5.13. The summed E-state index contributed by atoms with van der Waals surface area (Å²) in [5.41, 5.74) is 2.77. The van der Waals surface area contributed by atoms with Gasteiger partial charge in [0.2, 0.25) is 5.91 Å². The van der Waals surface area contributed by atoms with Gasteiger partial charge in [0.25, 0.3) is 5.03 Å². The first kappa shape index (κ1) is 16.1. The number of para-hydroxylation sites is 1. The van der Waals surface area contributed by atoms with Crippen LogP contribution in [0.3, 0.4) is 0 Å². The average molecular weight is 336 g/mol. The molecule has 1 amide bonds. The first-order valence-electron chi connectivity index (χ1n) is 7.49. The number of thioether (sulfide) groups is 1. The maximum atomic E-state index is 12.2. The third-order valence-electron chi connectivity index (χ3n) is 3.43. The lowest BCUT2D eigenvalue weighted by molar-refractivity contribution is -0.645. The summed E-state index contributed by atoms with van der Waals surface area (Å²) < 4.78 is 0.760. The number of aromatic nitrogens is 1. The van der Waals surface area contributed by atoms with Crippen molar-refractivity contribution in [3.63, 3.8) is 0 Å². The fraction of sp³-hybridized carbons (Fsp3) is 0.0526. The quantitative estimate of drug-likeness (QED) is 0.439. The van der Waals surface area contributed by atoms with Crippen molar-refractivity contribution in [2.24, 2.45) is 0 Å². The summed E-state index contributed by atoms with van der Waals surface area (Å²) in [5.74, 6) is 0.0299. The molecule has 24 heavy (non-hydrogen) atoms. The molecule has 1 aromatic heterocycles. The molecule has 3 aromatic rings. The van der Waals surface area contributed by atoms with Gasteiger partial charge in [-0.25, -0.2) is 0 Å². The zero-order valence-electron chi connectivity index (χ0n) is 12.9. The molecule has 0 unspecified atom stereocenters. The Balaban J connectivity index is 1.70. The number of rotatable bonds is 5. The second-order valence-corrected chi connectivity index (χ2v) is 6.11. The van der Waals surface area contributed by atoms with Crippen molar-refractivity contribution in [3.05, 3.63) is 84.2 Å². The van der Waals surface area contributed by atoms with Gasteiger partial charge in [0.05, 0.1) is 5.75 Å². The molecule has 0 radical (unpaired) electrons. The van der Waals surface area contributed by atoms with Crippen molar-refractivity contribution in [2.45, 2.75) is 5.03 Å². The summed E-state index contributed by atoms with van der Waals surface area (Å²) in [5, 5.41) is 15.0. The smallest absolute Gasteiger partial charge is 0.251 e. The number of carbonyl (C=O) groups excluding carboxylic acids is 1. The number of nitrogens with one attached hydrogen (secondary N) is 1. The second kappa shape index (κ2) is 7.66. The van der Waals surface area contributed by atoms with Crippen molar-refractivity contribution >= 4 is 23.4 Å². The minimum Gasteiger partial charge on any atom is -0.618 e. The second-order valence-electron chi connectivity index (χ2n) is 5.11. The Labute approximate surface area is 144 Å². The number of nitrogens with zero attached hydrogens (tertiary/aromatic N) is 1. The molecule has 1 heterocycles. The summed E-state index contributed by atoms with van der Waals surface area (Å²) in [6.07, 6.45) is 1.42. The molecule has 0 saturated heterocycles. The predicted molar refractivity (Wildman–Crippen MR) is 96.6 cm³/mol. The van der Waals surface area contributed by atoms with E-state index < -0.39 is 0 Å². The number of pyridine rings is 1. The van der Waals surface area contributed by atoms with Gasteiger partial charge in [-0.05, 0) is 29.5 Å². The molecule has 0 fully saturated rings. The predicted octanol–water partition coefficient (Wildman–Crippen LogP) is 3.72. The maximum Gasteiger partial charge on any atom is 0.251 e. The van der Waals surface area contributed by atoms with Crippen molar-refractivity contribution in [1.29, 1.82) is 0 Å². The fourth-order valence-corrected chi connectivity index (χ4v) is 3.03. The molecule has 0 aliphatic carbocycles. The highest BCUT2D eigenvalue weighted by molar-refractivity contribution is 7.99. The van der Waals surface area contributed by atoms with Crippen LogP contribution in [0.25, 0.3) is 11.1 Å². The Morgan fingerprint density at radius 1 is 0.958 bits per heavy atom. The zero-order valence-corrected chi connectivity index (χ0v) is 13.7. The van der Waals surface area contributed by atoms with Crippen molar-refractivity contribution in [2.75, 3.05) is 11.1 Å². The number of anilines is 1. The van der Waals surface area contributed by atoms with Crippen LogP contribution in [0, 0.1) is 5.21 Å². The third-order valence-corrected chi connectivity index (χ3v) is 4.44. The monoisotopic (exact) mass is 336 g/mol. The molecule has 0 aliphatic heterocycles. The summed E-state index contributed by atoms with van der Waals surface area (Å²) in [6.45, 7) is 0. The van der Waals surface area contributed by atoms with Crippen LogP contribution in [-0.4, -0.2) is 11.7 Å². The van der Waals surface area contributed by atoms with Gasteiger partial charge >= 0.3 is 0 Å². The molecule has 4 nitrogen and oxygen atoms in total. The number of carbonyl (C=O) groups is 1. The van der Waals surface area contributed by atoms with E-state index in [1.807, 2.05) is 54.6 Å². The number of hydrogen-bond acceptors (Lipinski definition) is 3. The minimum atomic E-state index is -0.146. The lowest BCUT2D eigenvalue weighted by Crippen LogP contribution is -2.28. The van der Waals surface area contributed by atoms with Crippen LogP contribution in [0.4, 0.5) is 5.69 Å². The maximum absolute atomic E-state index is 12.2. The lowest BCUT2D eigenvalue weighted by Gasteiger charge is -2.11. The van der Waals surface area contributed by atoms with Crippen LogP contribution in [0.2, 0.25) is 0 Å². The molecule has 2 aromatic carbocycles. The van der Waals surface area contributed by atoms with E-state index in [1.165, 1.54) is 18.0 Å². The average Bonchev–Trinajstić information content (AvgIpc) is 2.62. The summed E-state index contributed by atoms with van der Waals surface area (Å²) in [7, 11) is 0. The SMILES string of the molecule is O=C(CSc1cccc[n+]1[O-])Nc1ccccc1-c1ccccc1. The summed E-state index contributed by atoms with van der Waals surface area (Å²) in [6, 6.07) is 22.7. The minimum absolute atomic E-state index is 0.146. The van der Waals surface area contributed by atoms with Crippen molar-refractivity contribution < 1.29 is 9.52 Å². The van der Waals surface area contributed by atoms with Crippen molar-refractivity contribution in [1.82, 2.24) is 0 Å². The highest BCUT2D eigenvalue weighted by Crippen LogP contribution is 2.27. The van der Waals surface area contributed by atoms with E-state index >= 15 is 0 Å². The Hall–Kier alpha value is -2.79. The van der Waals surface area contributed by atoms with E-state index in [0.717, 1.165) is 21.5 Å². The molecule has 0 atom stereocenters. The van der Waals surface area contributed by atoms with Gasteiger partial charge in [-0.15, -0.1) is 0 Å². The molecule has 0 saturated carbocycles. The van der Waals surface area contributed by atoms with Crippen molar-refractivity contribution in [3.8, 4) is 11.1 Å². The van der Waals surface area contributed by atoms with Gasteiger partial charge in [0.15, 0.2) is 6.20 Å². The van der Waals surface area contributed by atoms with Gasteiger partial charge in [-0.3, -0.25) is 4.79 Å².